The molecule has 2 aromatic rings. The van der Waals surface area contributed by atoms with Crippen molar-refractivity contribution in [1.82, 2.24) is 19.7 Å². The van der Waals surface area contributed by atoms with Gasteiger partial charge in [0.1, 0.15) is 0 Å². The van der Waals surface area contributed by atoms with Gasteiger partial charge in [-0.2, -0.15) is 10.2 Å². The summed E-state index contributed by atoms with van der Waals surface area (Å²) in [5.41, 5.74) is 7.72. The van der Waals surface area contributed by atoms with Crippen molar-refractivity contribution in [3.8, 4) is 0 Å². The van der Waals surface area contributed by atoms with Gasteiger partial charge in [-0.25, -0.2) is 4.98 Å². The van der Waals surface area contributed by atoms with Crippen LogP contribution in [0.25, 0.3) is 0 Å². The topological polar surface area (TPSA) is 69.6 Å². The van der Waals surface area contributed by atoms with Gasteiger partial charge in [0.25, 0.3) is 0 Å². The molecule has 0 aliphatic carbocycles. The molecule has 2 aromatic heterocycles. The lowest BCUT2D eigenvalue weighted by atomic mass is 10.2. The molecule has 0 saturated heterocycles. The number of hydrogen-bond acceptors (Lipinski definition) is 4. The first-order chi connectivity index (χ1) is 7.27. The van der Waals surface area contributed by atoms with Crippen LogP contribution in [0.1, 0.15) is 24.4 Å². The Morgan fingerprint density at radius 1 is 1.53 bits per heavy atom. The maximum Gasteiger partial charge on any atom is 0.0952 e. The van der Waals surface area contributed by atoms with Gasteiger partial charge in [0.05, 0.1) is 24.3 Å². The van der Waals surface area contributed by atoms with Crippen LogP contribution in [0.2, 0.25) is 0 Å². The van der Waals surface area contributed by atoms with Gasteiger partial charge in [-0.1, -0.05) is 0 Å². The fraction of sp³-hybridized carbons (Fsp3) is 0.300. The average Bonchev–Trinajstić information content (AvgIpc) is 2.67. The zero-order valence-electron chi connectivity index (χ0n) is 8.54. The molecule has 0 fully saturated rings. The van der Waals surface area contributed by atoms with Crippen LogP contribution < -0.4 is 5.73 Å². The molecule has 0 saturated carbocycles. The standard InChI is InChI=1S/C10H13N5/c1-8(11)10-5-12-7-15(10)6-9-3-2-4-13-14-9/h2-5,7-8H,6,11H2,1H3. The molecular formula is C10H13N5. The van der Waals surface area contributed by atoms with Crippen molar-refractivity contribution < 1.29 is 0 Å². The third kappa shape index (κ3) is 2.19. The molecule has 2 heterocycles. The summed E-state index contributed by atoms with van der Waals surface area (Å²) in [5.74, 6) is 0. The second-order valence-corrected chi connectivity index (χ2v) is 3.45. The van der Waals surface area contributed by atoms with E-state index in [9.17, 15) is 0 Å². The van der Waals surface area contributed by atoms with E-state index in [1.54, 1.807) is 18.7 Å². The van der Waals surface area contributed by atoms with E-state index in [0.29, 0.717) is 6.54 Å². The van der Waals surface area contributed by atoms with Crippen LogP contribution in [-0.4, -0.2) is 19.7 Å². The van der Waals surface area contributed by atoms with Gasteiger partial charge >= 0.3 is 0 Å². The number of rotatable bonds is 3. The number of hydrogen-bond donors (Lipinski definition) is 1. The molecule has 0 aromatic carbocycles. The van der Waals surface area contributed by atoms with Gasteiger partial charge in [0, 0.05) is 18.4 Å². The predicted molar refractivity (Wildman–Crippen MR) is 56.0 cm³/mol. The quantitative estimate of drug-likeness (QED) is 0.798. The van der Waals surface area contributed by atoms with E-state index in [1.807, 2.05) is 23.6 Å². The lowest BCUT2D eigenvalue weighted by molar-refractivity contribution is 0.659. The first kappa shape index (κ1) is 9.79. The lowest BCUT2D eigenvalue weighted by Gasteiger charge is -2.09. The summed E-state index contributed by atoms with van der Waals surface area (Å²) in [5, 5.41) is 7.84. The summed E-state index contributed by atoms with van der Waals surface area (Å²) in [6.45, 7) is 2.59. The van der Waals surface area contributed by atoms with Crippen molar-refractivity contribution in [2.45, 2.75) is 19.5 Å². The van der Waals surface area contributed by atoms with Crippen molar-refractivity contribution in [1.29, 1.82) is 0 Å². The third-order valence-corrected chi connectivity index (χ3v) is 2.17. The summed E-state index contributed by atoms with van der Waals surface area (Å²) in [6, 6.07) is 3.77. The molecule has 15 heavy (non-hydrogen) atoms. The Balaban J connectivity index is 2.21. The number of nitrogens with zero attached hydrogens (tertiary/aromatic N) is 4. The van der Waals surface area contributed by atoms with Crippen LogP contribution in [0.5, 0.6) is 0 Å². The maximum absolute atomic E-state index is 5.82. The largest absolute Gasteiger partial charge is 0.327 e. The molecule has 1 atom stereocenters. The van der Waals surface area contributed by atoms with E-state index in [1.165, 1.54) is 0 Å². The van der Waals surface area contributed by atoms with E-state index >= 15 is 0 Å². The van der Waals surface area contributed by atoms with Crippen molar-refractivity contribution in [3.63, 3.8) is 0 Å². The highest BCUT2D eigenvalue weighted by atomic mass is 15.1. The van der Waals surface area contributed by atoms with E-state index < -0.39 is 0 Å². The van der Waals surface area contributed by atoms with Gasteiger partial charge in [0.15, 0.2) is 0 Å². The molecule has 0 bridgehead atoms. The Hall–Kier alpha value is -1.75. The molecule has 2 N–H and O–H groups in total. The zero-order chi connectivity index (χ0) is 10.7. The summed E-state index contributed by atoms with van der Waals surface area (Å²) in [4.78, 5) is 4.07. The summed E-state index contributed by atoms with van der Waals surface area (Å²) >= 11 is 0. The highest BCUT2D eigenvalue weighted by Crippen LogP contribution is 2.09. The van der Waals surface area contributed by atoms with E-state index in [4.69, 9.17) is 5.73 Å². The SMILES string of the molecule is CC(N)c1cncn1Cc1cccnn1. The van der Waals surface area contributed by atoms with E-state index in [-0.39, 0.29) is 6.04 Å². The van der Waals surface area contributed by atoms with Gasteiger partial charge < -0.3 is 10.3 Å². The molecule has 0 amide bonds. The maximum atomic E-state index is 5.82. The molecule has 0 radical (unpaired) electrons. The van der Waals surface area contributed by atoms with Crippen molar-refractivity contribution >= 4 is 0 Å². The van der Waals surface area contributed by atoms with Crippen molar-refractivity contribution in [3.05, 3.63) is 42.2 Å². The molecule has 0 aliphatic rings. The molecule has 0 spiro atoms. The Labute approximate surface area is 88.0 Å². The van der Waals surface area contributed by atoms with Crippen LogP contribution in [0.3, 0.4) is 0 Å². The first-order valence-corrected chi connectivity index (χ1v) is 4.79. The second-order valence-electron chi connectivity index (χ2n) is 3.45. The van der Waals surface area contributed by atoms with Crippen LogP contribution in [-0.2, 0) is 6.54 Å². The van der Waals surface area contributed by atoms with Crippen LogP contribution in [0, 0.1) is 0 Å². The van der Waals surface area contributed by atoms with Crippen molar-refractivity contribution in [2.75, 3.05) is 0 Å². The predicted octanol–water partition coefficient (Wildman–Crippen LogP) is 0.741. The second kappa shape index (κ2) is 4.18. The fourth-order valence-corrected chi connectivity index (χ4v) is 1.43. The normalized spacial score (nSPS) is 12.7. The zero-order valence-corrected chi connectivity index (χ0v) is 8.54. The Bertz CT molecular complexity index is 420. The minimum atomic E-state index is -0.0239. The Kier molecular flexibility index (Phi) is 2.73. The highest BCUT2D eigenvalue weighted by Gasteiger charge is 2.07. The summed E-state index contributed by atoms with van der Waals surface area (Å²) in [7, 11) is 0. The van der Waals surface area contributed by atoms with Crippen LogP contribution >= 0.6 is 0 Å². The fourth-order valence-electron chi connectivity index (χ4n) is 1.43. The van der Waals surface area contributed by atoms with Crippen molar-refractivity contribution in [2.24, 2.45) is 5.73 Å². The molecule has 1 unspecified atom stereocenters. The number of imidazole rings is 1. The van der Waals surface area contributed by atoms with E-state index in [0.717, 1.165) is 11.4 Å². The molecule has 2 rings (SSSR count). The Morgan fingerprint density at radius 3 is 3.07 bits per heavy atom. The van der Waals surface area contributed by atoms with Crippen LogP contribution in [0.4, 0.5) is 0 Å². The monoisotopic (exact) mass is 203 g/mol. The highest BCUT2D eigenvalue weighted by molar-refractivity contribution is 5.07. The molecule has 0 aliphatic heterocycles. The number of aromatic nitrogens is 4. The summed E-state index contributed by atoms with van der Waals surface area (Å²) in [6.07, 6.45) is 5.19. The minimum Gasteiger partial charge on any atom is -0.327 e. The molecule has 78 valence electrons. The minimum absolute atomic E-state index is 0.0239. The third-order valence-electron chi connectivity index (χ3n) is 2.17. The van der Waals surface area contributed by atoms with Crippen LogP contribution in [0.15, 0.2) is 30.9 Å². The van der Waals surface area contributed by atoms with E-state index in [2.05, 4.69) is 15.2 Å². The number of nitrogens with two attached hydrogens (primary N) is 1. The smallest absolute Gasteiger partial charge is 0.0952 e. The lowest BCUT2D eigenvalue weighted by Crippen LogP contribution is -2.13. The van der Waals surface area contributed by atoms with Gasteiger partial charge in [-0.15, -0.1) is 0 Å². The first-order valence-electron chi connectivity index (χ1n) is 4.79. The molecule has 5 heteroatoms. The summed E-state index contributed by atoms with van der Waals surface area (Å²) < 4.78 is 1.98. The van der Waals surface area contributed by atoms with Gasteiger partial charge in [0.2, 0.25) is 0 Å². The Morgan fingerprint density at radius 2 is 2.40 bits per heavy atom. The molecule has 5 nitrogen and oxygen atoms in total. The van der Waals surface area contributed by atoms with Gasteiger partial charge in [-0.3, -0.25) is 0 Å². The average molecular weight is 203 g/mol. The molecular weight excluding hydrogens is 190 g/mol. The van der Waals surface area contributed by atoms with Gasteiger partial charge in [-0.05, 0) is 19.1 Å².